The van der Waals surface area contributed by atoms with Gasteiger partial charge in [0.1, 0.15) is 12.4 Å². The van der Waals surface area contributed by atoms with E-state index < -0.39 is 11.8 Å². The number of ether oxygens (including phenoxy) is 1. The van der Waals surface area contributed by atoms with Crippen molar-refractivity contribution >= 4 is 17.5 Å². The number of amides is 2. The molecule has 114 valence electrons. The zero-order chi connectivity index (χ0) is 15.4. The van der Waals surface area contributed by atoms with Crippen LogP contribution >= 0.6 is 0 Å². The van der Waals surface area contributed by atoms with Gasteiger partial charge in [-0.3, -0.25) is 9.59 Å². The van der Waals surface area contributed by atoms with E-state index in [4.69, 9.17) is 10.5 Å². The number of nitrogen functional groups attached to an aromatic ring is 1. The average molecular weight is 291 g/mol. The Balaban J connectivity index is 1.84. The summed E-state index contributed by atoms with van der Waals surface area (Å²) >= 11 is 0. The summed E-state index contributed by atoms with van der Waals surface area (Å²) in [6.45, 7) is 5.66. The first kappa shape index (κ1) is 15.2. The SMILES string of the molecule is CC(C)N1CCN(CCOc2cccc(N)c2)C(=O)C1=O. The summed E-state index contributed by atoms with van der Waals surface area (Å²) in [5.41, 5.74) is 6.29. The first-order valence-corrected chi connectivity index (χ1v) is 7.07. The lowest BCUT2D eigenvalue weighted by Gasteiger charge is -2.35. The number of piperazine rings is 1. The minimum absolute atomic E-state index is 0.0483. The fourth-order valence-electron chi connectivity index (χ4n) is 2.27. The molecule has 1 aromatic rings. The second kappa shape index (κ2) is 6.47. The number of hydrogen-bond donors (Lipinski definition) is 1. The highest BCUT2D eigenvalue weighted by molar-refractivity contribution is 6.35. The van der Waals surface area contributed by atoms with Crippen LogP contribution in [0.4, 0.5) is 5.69 Å². The molecule has 0 aliphatic carbocycles. The minimum atomic E-state index is -0.453. The van der Waals surface area contributed by atoms with Gasteiger partial charge in [-0.2, -0.15) is 0 Å². The molecule has 21 heavy (non-hydrogen) atoms. The number of nitrogens with zero attached hydrogens (tertiary/aromatic N) is 2. The fraction of sp³-hybridized carbons (Fsp3) is 0.467. The third-order valence-corrected chi connectivity index (χ3v) is 3.45. The molecule has 0 atom stereocenters. The highest BCUT2D eigenvalue weighted by Gasteiger charge is 2.33. The summed E-state index contributed by atoms with van der Waals surface area (Å²) < 4.78 is 5.55. The first-order chi connectivity index (χ1) is 9.99. The highest BCUT2D eigenvalue weighted by atomic mass is 16.5. The van der Waals surface area contributed by atoms with E-state index in [1.165, 1.54) is 4.90 Å². The largest absolute Gasteiger partial charge is 0.492 e. The Bertz CT molecular complexity index is 531. The summed E-state index contributed by atoms with van der Waals surface area (Å²) in [6, 6.07) is 7.16. The van der Waals surface area contributed by atoms with E-state index in [1.54, 1.807) is 29.2 Å². The maximum absolute atomic E-state index is 12.0. The summed E-state index contributed by atoms with van der Waals surface area (Å²) in [4.78, 5) is 27.1. The van der Waals surface area contributed by atoms with Gasteiger partial charge in [0.15, 0.2) is 0 Å². The van der Waals surface area contributed by atoms with E-state index >= 15 is 0 Å². The fourth-order valence-corrected chi connectivity index (χ4v) is 2.27. The van der Waals surface area contributed by atoms with Crippen molar-refractivity contribution in [2.75, 3.05) is 32.0 Å². The van der Waals surface area contributed by atoms with Crippen LogP contribution in [-0.2, 0) is 9.59 Å². The van der Waals surface area contributed by atoms with E-state index in [-0.39, 0.29) is 6.04 Å². The van der Waals surface area contributed by atoms with Crippen LogP contribution in [0.3, 0.4) is 0 Å². The second-order valence-corrected chi connectivity index (χ2v) is 5.31. The number of rotatable bonds is 5. The molecule has 2 rings (SSSR count). The van der Waals surface area contributed by atoms with Crippen LogP contribution in [0.1, 0.15) is 13.8 Å². The van der Waals surface area contributed by atoms with Crippen molar-refractivity contribution < 1.29 is 14.3 Å². The zero-order valence-corrected chi connectivity index (χ0v) is 12.4. The lowest BCUT2D eigenvalue weighted by molar-refractivity contribution is -0.157. The molecular weight excluding hydrogens is 270 g/mol. The maximum atomic E-state index is 12.0. The van der Waals surface area contributed by atoms with Gasteiger partial charge in [-0.25, -0.2) is 0 Å². The number of anilines is 1. The Hall–Kier alpha value is -2.24. The van der Waals surface area contributed by atoms with Gasteiger partial charge in [-0.1, -0.05) is 6.07 Å². The van der Waals surface area contributed by atoms with Crippen molar-refractivity contribution in [1.29, 1.82) is 0 Å². The molecule has 0 radical (unpaired) electrons. The third kappa shape index (κ3) is 3.65. The molecule has 1 aromatic carbocycles. The summed E-state index contributed by atoms with van der Waals surface area (Å²) in [5, 5.41) is 0. The smallest absolute Gasteiger partial charge is 0.312 e. The lowest BCUT2D eigenvalue weighted by atomic mass is 10.2. The van der Waals surface area contributed by atoms with Gasteiger partial charge in [-0.05, 0) is 26.0 Å². The van der Waals surface area contributed by atoms with Gasteiger partial charge < -0.3 is 20.3 Å². The third-order valence-electron chi connectivity index (χ3n) is 3.45. The number of carbonyl (C=O) groups excluding carboxylic acids is 2. The normalized spacial score (nSPS) is 15.8. The van der Waals surface area contributed by atoms with Crippen molar-refractivity contribution in [1.82, 2.24) is 9.80 Å². The summed E-state index contributed by atoms with van der Waals surface area (Å²) in [6.07, 6.45) is 0. The van der Waals surface area contributed by atoms with Gasteiger partial charge >= 0.3 is 11.8 Å². The van der Waals surface area contributed by atoms with Crippen molar-refractivity contribution in [3.63, 3.8) is 0 Å². The molecule has 1 heterocycles. The van der Waals surface area contributed by atoms with Crippen LogP contribution in [0.15, 0.2) is 24.3 Å². The van der Waals surface area contributed by atoms with E-state index in [0.717, 1.165) is 0 Å². The molecular formula is C15H21N3O3. The molecule has 6 nitrogen and oxygen atoms in total. The number of carbonyl (C=O) groups is 2. The molecule has 1 fully saturated rings. The molecule has 0 bridgehead atoms. The zero-order valence-electron chi connectivity index (χ0n) is 12.4. The van der Waals surface area contributed by atoms with Crippen molar-refractivity contribution in [2.24, 2.45) is 0 Å². The molecule has 2 amide bonds. The maximum Gasteiger partial charge on any atom is 0.312 e. The number of nitrogens with two attached hydrogens (primary N) is 1. The Morgan fingerprint density at radius 2 is 2.00 bits per heavy atom. The Morgan fingerprint density at radius 1 is 1.24 bits per heavy atom. The van der Waals surface area contributed by atoms with Crippen LogP contribution in [0.5, 0.6) is 5.75 Å². The van der Waals surface area contributed by atoms with Crippen molar-refractivity contribution in [3.8, 4) is 5.75 Å². The summed E-state index contributed by atoms with van der Waals surface area (Å²) in [7, 11) is 0. The van der Waals surface area contributed by atoms with E-state index in [9.17, 15) is 9.59 Å². The first-order valence-electron chi connectivity index (χ1n) is 7.07. The molecule has 0 spiro atoms. The van der Waals surface area contributed by atoms with E-state index in [1.807, 2.05) is 13.8 Å². The molecule has 0 aromatic heterocycles. The number of benzene rings is 1. The topological polar surface area (TPSA) is 75.9 Å². The second-order valence-electron chi connectivity index (χ2n) is 5.31. The van der Waals surface area contributed by atoms with Crippen LogP contribution in [0.25, 0.3) is 0 Å². The standard InChI is InChI=1S/C15H21N3O3/c1-11(2)18-7-6-17(14(19)15(18)20)8-9-21-13-5-3-4-12(16)10-13/h3-5,10-11H,6-9,16H2,1-2H3. The molecule has 0 saturated carbocycles. The van der Waals surface area contributed by atoms with Crippen LogP contribution in [-0.4, -0.2) is 53.9 Å². The van der Waals surface area contributed by atoms with Crippen LogP contribution in [0.2, 0.25) is 0 Å². The molecule has 1 aliphatic rings. The molecule has 2 N–H and O–H groups in total. The van der Waals surface area contributed by atoms with E-state index in [0.29, 0.717) is 37.7 Å². The average Bonchev–Trinajstić information content (AvgIpc) is 2.43. The van der Waals surface area contributed by atoms with Crippen LogP contribution in [0, 0.1) is 0 Å². The van der Waals surface area contributed by atoms with Gasteiger partial charge in [0.25, 0.3) is 0 Å². The monoisotopic (exact) mass is 291 g/mol. The van der Waals surface area contributed by atoms with Gasteiger partial charge in [0.2, 0.25) is 0 Å². The van der Waals surface area contributed by atoms with Gasteiger partial charge in [-0.15, -0.1) is 0 Å². The van der Waals surface area contributed by atoms with Gasteiger partial charge in [0.05, 0.1) is 6.54 Å². The van der Waals surface area contributed by atoms with E-state index in [2.05, 4.69) is 0 Å². The van der Waals surface area contributed by atoms with Crippen LogP contribution < -0.4 is 10.5 Å². The minimum Gasteiger partial charge on any atom is -0.492 e. The van der Waals surface area contributed by atoms with Crippen molar-refractivity contribution in [3.05, 3.63) is 24.3 Å². The Kier molecular flexibility index (Phi) is 4.67. The lowest BCUT2D eigenvalue weighted by Crippen LogP contribution is -2.56. The molecule has 0 unspecified atom stereocenters. The highest BCUT2D eigenvalue weighted by Crippen LogP contribution is 2.14. The molecule has 1 saturated heterocycles. The summed E-state index contributed by atoms with van der Waals surface area (Å²) in [5.74, 6) is -0.221. The van der Waals surface area contributed by atoms with Crippen molar-refractivity contribution in [2.45, 2.75) is 19.9 Å². The number of hydrogen-bond acceptors (Lipinski definition) is 4. The Morgan fingerprint density at radius 3 is 2.67 bits per heavy atom. The predicted molar refractivity (Wildman–Crippen MR) is 79.8 cm³/mol. The quantitative estimate of drug-likeness (QED) is 0.641. The molecule has 1 aliphatic heterocycles. The predicted octanol–water partition coefficient (Wildman–Crippen LogP) is 0.727. The molecule has 6 heteroatoms. The van der Waals surface area contributed by atoms with Gasteiger partial charge in [0, 0.05) is 30.9 Å². The Labute approximate surface area is 124 Å².